The number of benzene rings is 3. The molecule has 0 atom stereocenters. The number of H-pyrrole nitrogens is 1. The molecule has 34 heavy (non-hydrogen) atoms. The molecule has 0 bridgehead atoms. The first-order valence-corrected chi connectivity index (χ1v) is 10.00. The Bertz CT molecular complexity index is 1480. The van der Waals surface area contributed by atoms with Crippen LogP contribution in [0.3, 0.4) is 0 Å². The van der Waals surface area contributed by atoms with Gasteiger partial charge in [-0.3, -0.25) is 14.4 Å². The summed E-state index contributed by atoms with van der Waals surface area (Å²) in [6.07, 6.45) is -3.30. The van der Waals surface area contributed by atoms with Crippen LogP contribution in [0.15, 0.2) is 71.8 Å². The Kier molecular flexibility index (Phi) is 5.89. The SMILES string of the molecule is Cc1ccc(NC(=O)c2cccc(C(F)(F)F)c2)cc1NC(=O)c1ccc2nc[nH]c(=O)c2c1. The zero-order valence-electron chi connectivity index (χ0n) is 17.7. The van der Waals surface area contributed by atoms with E-state index in [2.05, 4.69) is 20.6 Å². The minimum absolute atomic E-state index is 0.156. The van der Waals surface area contributed by atoms with Gasteiger partial charge in [-0.05, 0) is 61.0 Å². The molecule has 0 unspecified atom stereocenters. The molecule has 10 heteroatoms. The molecule has 7 nitrogen and oxygen atoms in total. The summed E-state index contributed by atoms with van der Waals surface area (Å²) in [6.45, 7) is 1.74. The lowest BCUT2D eigenvalue weighted by Crippen LogP contribution is -2.16. The van der Waals surface area contributed by atoms with Crippen LogP contribution in [0.25, 0.3) is 10.9 Å². The lowest BCUT2D eigenvalue weighted by atomic mass is 10.1. The number of halogens is 3. The van der Waals surface area contributed by atoms with Gasteiger partial charge >= 0.3 is 6.18 Å². The topological polar surface area (TPSA) is 104 Å². The van der Waals surface area contributed by atoms with Crippen molar-refractivity contribution in [2.24, 2.45) is 0 Å². The Balaban J connectivity index is 1.55. The molecule has 0 aliphatic carbocycles. The van der Waals surface area contributed by atoms with Gasteiger partial charge in [-0.1, -0.05) is 12.1 Å². The first-order chi connectivity index (χ1) is 16.1. The van der Waals surface area contributed by atoms with E-state index in [1.54, 1.807) is 25.1 Å². The number of aromatic amines is 1. The predicted octanol–water partition coefficient (Wildman–Crippen LogP) is 4.75. The third-order valence-electron chi connectivity index (χ3n) is 5.10. The number of aryl methyl sites for hydroxylation is 1. The number of aromatic nitrogens is 2. The van der Waals surface area contributed by atoms with Crippen LogP contribution in [0.2, 0.25) is 0 Å². The Morgan fingerprint density at radius 3 is 2.41 bits per heavy atom. The van der Waals surface area contributed by atoms with Crippen LogP contribution in [-0.4, -0.2) is 21.8 Å². The van der Waals surface area contributed by atoms with Gasteiger partial charge in [0.05, 0.1) is 22.8 Å². The van der Waals surface area contributed by atoms with Gasteiger partial charge in [0.1, 0.15) is 0 Å². The smallest absolute Gasteiger partial charge is 0.322 e. The van der Waals surface area contributed by atoms with E-state index in [1.165, 1.54) is 30.6 Å². The molecule has 172 valence electrons. The second-order valence-electron chi connectivity index (χ2n) is 7.48. The number of rotatable bonds is 4. The number of nitrogens with one attached hydrogen (secondary N) is 3. The summed E-state index contributed by atoms with van der Waals surface area (Å²) in [5.74, 6) is -1.22. The summed E-state index contributed by atoms with van der Waals surface area (Å²) in [5.41, 5.74) is 0.548. The van der Waals surface area contributed by atoms with Crippen LogP contribution in [0, 0.1) is 6.92 Å². The molecule has 0 aliphatic heterocycles. The quantitative estimate of drug-likeness (QED) is 0.404. The fourth-order valence-electron chi connectivity index (χ4n) is 3.28. The molecule has 0 aliphatic rings. The Labute approximate surface area is 190 Å². The summed E-state index contributed by atoms with van der Waals surface area (Å²) >= 11 is 0. The molecule has 1 heterocycles. The highest BCUT2D eigenvalue weighted by atomic mass is 19.4. The van der Waals surface area contributed by atoms with E-state index in [0.29, 0.717) is 16.8 Å². The van der Waals surface area contributed by atoms with Crippen molar-refractivity contribution < 1.29 is 22.8 Å². The van der Waals surface area contributed by atoms with Crippen LogP contribution < -0.4 is 16.2 Å². The van der Waals surface area contributed by atoms with E-state index in [1.807, 2.05) is 0 Å². The maximum atomic E-state index is 12.9. The Morgan fingerprint density at radius 1 is 0.912 bits per heavy atom. The molecular formula is C24H17F3N4O3. The molecule has 0 spiro atoms. The van der Waals surface area contributed by atoms with Gasteiger partial charge < -0.3 is 15.6 Å². The largest absolute Gasteiger partial charge is 0.416 e. The van der Waals surface area contributed by atoms with Crippen LogP contribution >= 0.6 is 0 Å². The first-order valence-electron chi connectivity index (χ1n) is 10.00. The zero-order valence-corrected chi connectivity index (χ0v) is 17.7. The fraction of sp³-hybridized carbons (Fsp3) is 0.0833. The molecule has 4 aromatic rings. The zero-order chi connectivity index (χ0) is 24.5. The maximum absolute atomic E-state index is 12.9. The molecule has 4 rings (SSSR count). The Morgan fingerprint density at radius 2 is 1.65 bits per heavy atom. The third kappa shape index (κ3) is 4.80. The molecule has 0 saturated carbocycles. The van der Waals surface area contributed by atoms with E-state index in [9.17, 15) is 27.6 Å². The van der Waals surface area contributed by atoms with Gasteiger partial charge in [0.25, 0.3) is 17.4 Å². The van der Waals surface area contributed by atoms with Gasteiger partial charge in [-0.15, -0.1) is 0 Å². The van der Waals surface area contributed by atoms with Crippen LogP contribution in [0.4, 0.5) is 24.5 Å². The maximum Gasteiger partial charge on any atom is 0.416 e. The third-order valence-corrected chi connectivity index (χ3v) is 5.10. The molecule has 3 aromatic carbocycles. The number of carbonyl (C=O) groups is 2. The highest BCUT2D eigenvalue weighted by Gasteiger charge is 2.30. The minimum atomic E-state index is -4.57. The number of hydrogen-bond acceptors (Lipinski definition) is 4. The minimum Gasteiger partial charge on any atom is -0.322 e. The van der Waals surface area contributed by atoms with Crippen LogP contribution in [0.1, 0.15) is 31.8 Å². The lowest BCUT2D eigenvalue weighted by molar-refractivity contribution is -0.137. The van der Waals surface area contributed by atoms with Crippen molar-refractivity contribution in [3.8, 4) is 0 Å². The normalized spacial score (nSPS) is 11.3. The second kappa shape index (κ2) is 8.81. The number of hydrogen-bond donors (Lipinski definition) is 3. The van der Waals surface area contributed by atoms with Gasteiger partial charge in [0.2, 0.25) is 0 Å². The highest BCUT2D eigenvalue weighted by Crippen LogP contribution is 2.30. The molecule has 0 saturated heterocycles. The number of alkyl halides is 3. The van der Waals surface area contributed by atoms with Gasteiger partial charge in [0.15, 0.2) is 0 Å². The van der Waals surface area contributed by atoms with Gasteiger partial charge in [0, 0.05) is 22.5 Å². The van der Waals surface area contributed by atoms with Crippen LogP contribution in [0.5, 0.6) is 0 Å². The van der Waals surface area contributed by atoms with Crippen LogP contribution in [-0.2, 0) is 6.18 Å². The average Bonchev–Trinajstić information content (AvgIpc) is 2.81. The van der Waals surface area contributed by atoms with Crippen molar-refractivity contribution in [3.63, 3.8) is 0 Å². The van der Waals surface area contributed by atoms with E-state index < -0.39 is 23.6 Å². The van der Waals surface area contributed by atoms with Crippen molar-refractivity contribution in [2.45, 2.75) is 13.1 Å². The van der Waals surface area contributed by atoms with Gasteiger partial charge in [-0.25, -0.2) is 4.98 Å². The predicted molar refractivity (Wildman–Crippen MR) is 121 cm³/mol. The number of carbonyl (C=O) groups excluding carboxylic acids is 2. The molecule has 0 radical (unpaired) electrons. The highest BCUT2D eigenvalue weighted by molar-refractivity contribution is 6.08. The second-order valence-corrected chi connectivity index (χ2v) is 7.48. The lowest BCUT2D eigenvalue weighted by Gasteiger charge is -2.13. The van der Waals surface area contributed by atoms with Crippen molar-refractivity contribution >= 4 is 34.1 Å². The fourth-order valence-corrected chi connectivity index (χ4v) is 3.28. The van der Waals surface area contributed by atoms with Crippen molar-refractivity contribution in [3.05, 3.63) is 99.6 Å². The molecule has 3 N–H and O–H groups in total. The summed E-state index contributed by atoms with van der Waals surface area (Å²) in [7, 11) is 0. The summed E-state index contributed by atoms with van der Waals surface area (Å²) in [5, 5.41) is 5.52. The average molecular weight is 466 g/mol. The molecular weight excluding hydrogens is 449 g/mol. The van der Waals surface area contributed by atoms with Crippen molar-refractivity contribution in [1.82, 2.24) is 9.97 Å². The number of nitrogens with zero attached hydrogens (tertiary/aromatic N) is 1. The summed E-state index contributed by atoms with van der Waals surface area (Å²) < 4.78 is 38.8. The molecule has 2 amide bonds. The van der Waals surface area contributed by atoms with Gasteiger partial charge in [-0.2, -0.15) is 13.2 Å². The van der Waals surface area contributed by atoms with E-state index in [-0.39, 0.29) is 27.8 Å². The van der Waals surface area contributed by atoms with E-state index in [4.69, 9.17) is 0 Å². The standard InChI is InChI=1S/C24H17F3N4O3/c1-13-5-7-17(30-21(32)14-3-2-4-16(9-14)24(25,26)27)11-20(13)31-22(33)15-6-8-19-18(10-15)23(34)29-12-28-19/h2-12H,1H3,(H,30,32)(H,31,33)(H,28,29,34). The number of anilines is 2. The van der Waals surface area contributed by atoms with E-state index >= 15 is 0 Å². The summed E-state index contributed by atoms with van der Waals surface area (Å²) in [6, 6.07) is 13.3. The first kappa shape index (κ1) is 22.7. The monoisotopic (exact) mass is 466 g/mol. The summed E-state index contributed by atoms with van der Waals surface area (Å²) in [4.78, 5) is 43.7. The molecule has 0 fully saturated rings. The Hall–Kier alpha value is -4.47. The van der Waals surface area contributed by atoms with Crippen molar-refractivity contribution in [2.75, 3.05) is 10.6 Å². The molecule has 1 aromatic heterocycles. The number of fused-ring (bicyclic) bond motifs is 1. The van der Waals surface area contributed by atoms with Crippen molar-refractivity contribution in [1.29, 1.82) is 0 Å². The number of amides is 2. The van der Waals surface area contributed by atoms with E-state index in [0.717, 1.165) is 18.2 Å².